The number of benzene rings is 1. The Kier molecular flexibility index (Phi) is 4.05. The van der Waals surface area contributed by atoms with Gasteiger partial charge in [-0.05, 0) is 40.8 Å². The number of phenols is 1. The molecule has 96 valence electrons. The van der Waals surface area contributed by atoms with Gasteiger partial charge in [-0.3, -0.25) is 4.79 Å². The Bertz CT molecular complexity index is 492. The zero-order valence-electron chi connectivity index (χ0n) is 9.64. The number of phenolic OH excluding ortho intramolecular Hbond substituents is 1. The Balaban J connectivity index is 2.10. The number of carbonyl (C=O) groups excluding carboxylic acids is 1. The first-order valence-electron chi connectivity index (χ1n) is 5.59. The minimum absolute atomic E-state index is 0.0984. The molecule has 1 heterocycles. The molecule has 1 saturated heterocycles. The summed E-state index contributed by atoms with van der Waals surface area (Å²) >= 11 is 2.01. The number of piperidine rings is 1. The van der Waals surface area contributed by atoms with Gasteiger partial charge in [-0.15, -0.1) is 0 Å². The zero-order chi connectivity index (χ0) is 13.1. The number of carbonyl (C=O) groups is 1. The zero-order valence-corrected chi connectivity index (χ0v) is 11.8. The first-order chi connectivity index (χ1) is 8.61. The normalized spacial score (nSPS) is 15.6. The van der Waals surface area contributed by atoms with Gasteiger partial charge in [0.2, 0.25) is 0 Å². The van der Waals surface area contributed by atoms with E-state index in [2.05, 4.69) is 5.16 Å². The van der Waals surface area contributed by atoms with Crippen molar-refractivity contribution in [1.29, 1.82) is 0 Å². The van der Waals surface area contributed by atoms with E-state index in [0.29, 0.717) is 31.5 Å². The molecule has 1 aliphatic rings. The molecule has 1 aromatic rings. The number of likely N-dealkylation sites (tertiary alicyclic amines) is 1. The van der Waals surface area contributed by atoms with E-state index in [1.54, 1.807) is 17.0 Å². The molecular weight excluding hydrogens is 347 g/mol. The first kappa shape index (κ1) is 13.1. The standard InChI is InChI=1S/C12H13IN2O3/c13-10-2-1-8(7-11(10)16)12(17)15-5-3-9(14-18)4-6-15/h1-2,7,16,18H,3-6H2. The molecule has 0 atom stereocenters. The van der Waals surface area contributed by atoms with Crippen molar-refractivity contribution in [2.45, 2.75) is 12.8 Å². The highest BCUT2D eigenvalue weighted by atomic mass is 127. The summed E-state index contributed by atoms with van der Waals surface area (Å²) < 4.78 is 0.720. The van der Waals surface area contributed by atoms with Crippen molar-refractivity contribution in [3.05, 3.63) is 27.3 Å². The number of hydrogen-bond donors (Lipinski definition) is 2. The molecule has 2 rings (SSSR count). The summed E-state index contributed by atoms with van der Waals surface area (Å²) in [7, 11) is 0. The van der Waals surface area contributed by atoms with Gasteiger partial charge < -0.3 is 15.2 Å². The van der Waals surface area contributed by atoms with Gasteiger partial charge in [0.05, 0.1) is 9.28 Å². The summed E-state index contributed by atoms with van der Waals surface area (Å²) in [5.41, 5.74) is 1.21. The van der Waals surface area contributed by atoms with Crippen LogP contribution in [0.1, 0.15) is 23.2 Å². The van der Waals surface area contributed by atoms with Gasteiger partial charge in [0.15, 0.2) is 0 Å². The van der Waals surface area contributed by atoms with Gasteiger partial charge in [0, 0.05) is 31.5 Å². The van der Waals surface area contributed by atoms with Gasteiger partial charge in [-0.25, -0.2) is 0 Å². The minimum atomic E-state index is -0.0984. The molecule has 1 aromatic carbocycles. The lowest BCUT2D eigenvalue weighted by Gasteiger charge is -2.27. The summed E-state index contributed by atoms with van der Waals surface area (Å²) in [4.78, 5) is 13.9. The van der Waals surface area contributed by atoms with E-state index < -0.39 is 0 Å². The average molecular weight is 360 g/mol. The molecule has 0 spiro atoms. The van der Waals surface area contributed by atoms with E-state index in [0.717, 1.165) is 9.28 Å². The molecule has 1 fully saturated rings. The van der Waals surface area contributed by atoms with Crippen LogP contribution in [-0.4, -0.2) is 39.9 Å². The molecule has 2 N–H and O–H groups in total. The lowest BCUT2D eigenvalue weighted by molar-refractivity contribution is 0.0753. The van der Waals surface area contributed by atoms with E-state index in [1.165, 1.54) is 6.07 Å². The van der Waals surface area contributed by atoms with Crippen LogP contribution in [0.3, 0.4) is 0 Å². The lowest BCUT2D eigenvalue weighted by atomic mass is 10.1. The molecule has 5 nitrogen and oxygen atoms in total. The van der Waals surface area contributed by atoms with Gasteiger partial charge in [-0.2, -0.15) is 0 Å². The molecule has 0 bridgehead atoms. The SMILES string of the molecule is O=C(c1ccc(I)c(O)c1)N1CCC(=NO)CC1. The van der Waals surface area contributed by atoms with Crippen molar-refractivity contribution in [2.75, 3.05) is 13.1 Å². The highest BCUT2D eigenvalue weighted by Gasteiger charge is 2.21. The molecule has 18 heavy (non-hydrogen) atoms. The van der Waals surface area contributed by atoms with E-state index in [4.69, 9.17) is 5.21 Å². The maximum atomic E-state index is 12.2. The van der Waals surface area contributed by atoms with Gasteiger partial charge in [0.25, 0.3) is 5.91 Å². The molecule has 0 aliphatic carbocycles. The summed E-state index contributed by atoms with van der Waals surface area (Å²) in [6.07, 6.45) is 1.19. The van der Waals surface area contributed by atoms with E-state index in [9.17, 15) is 9.90 Å². The quantitative estimate of drug-likeness (QED) is 0.458. The van der Waals surface area contributed by atoms with Crippen LogP contribution in [0, 0.1) is 3.57 Å². The number of oxime groups is 1. The van der Waals surface area contributed by atoms with Crippen LogP contribution in [0.15, 0.2) is 23.4 Å². The molecule has 1 amide bonds. The van der Waals surface area contributed by atoms with E-state index in [-0.39, 0.29) is 11.7 Å². The number of aromatic hydroxyl groups is 1. The Morgan fingerprint density at radius 1 is 1.33 bits per heavy atom. The largest absolute Gasteiger partial charge is 0.507 e. The second-order valence-electron chi connectivity index (χ2n) is 4.12. The third kappa shape index (κ3) is 2.74. The molecular formula is C12H13IN2O3. The fraction of sp³-hybridized carbons (Fsp3) is 0.333. The van der Waals surface area contributed by atoms with Crippen molar-refractivity contribution >= 4 is 34.2 Å². The van der Waals surface area contributed by atoms with Gasteiger partial charge in [-0.1, -0.05) is 5.16 Å². The minimum Gasteiger partial charge on any atom is -0.507 e. The third-order valence-corrected chi connectivity index (χ3v) is 3.87. The molecule has 1 aliphatic heterocycles. The summed E-state index contributed by atoms with van der Waals surface area (Å²) in [5, 5.41) is 21.4. The Hall–Kier alpha value is -1.31. The van der Waals surface area contributed by atoms with Gasteiger partial charge in [0.1, 0.15) is 5.75 Å². The van der Waals surface area contributed by atoms with Crippen LogP contribution >= 0.6 is 22.6 Å². The fourth-order valence-electron chi connectivity index (χ4n) is 1.90. The number of hydrogen-bond acceptors (Lipinski definition) is 4. The maximum Gasteiger partial charge on any atom is 0.254 e. The monoisotopic (exact) mass is 360 g/mol. The number of halogens is 1. The highest BCUT2D eigenvalue weighted by molar-refractivity contribution is 14.1. The van der Waals surface area contributed by atoms with Gasteiger partial charge >= 0.3 is 0 Å². The molecule has 6 heteroatoms. The smallest absolute Gasteiger partial charge is 0.254 e. The number of amides is 1. The molecule has 0 saturated carbocycles. The first-order valence-corrected chi connectivity index (χ1v) is 6.67. The molecule has 0 aromatic heterocycles. The Morgan fingerprint density at radius 3 is 2.56 bits per heavy atom. The topological polar surface area (TPSA) is 73.1 Å². The van der Waals surface area contributed by atoms with Crippen LogP contribution in [0.2, 0.25) is 0 Å². The van der Waals surface area contributed by atoms with Crippen molar-refractivity contribution in [3.63, 3.8) is 0 Å². The van der Waals surface area contributed by atoms with Crippen molar-refractivity contribution in [3.8, 4) is 5.75 Å². The predicted molar refractivity (Wildman–Crippen MR) is 75.2 cm³/mol. The lowest BCUT2D eigenvalue weighted by Crippen LogP contribution is -2.38. The summed E-state index contributed by atoms with van der Waals surface area (Å²) in [6.45, 7) is 1.09. The van der Waals surface area contributed by atoms with Crippen LogP contribution in [0.5, 0.6) is 5.75 Å². The Morgan fingerprint density at radius 2 is 2.00 bits per heavy atom. The molecule has 0 unspecified atom stereocenters. The fourth-order valence-corrected chi connectivity index (χ4v) is 2.23. The second kappa shape index (κ2) is 5.55. The average Bonchev–Trinajstić information content (AvgIpc) is 2.41. The van der Waals surface area contributed by atoms with Crippen LogP contribution in [0.4, 0.5) is 0 Å². The predicted octanol–water partition coefficient (Wildman–Crippen LogP) is 2.06. The summed E-state index contributed by atoms with van der Waals surface area (Å²) in [5.74, 6) is 0.0229. The van der Waals surface area contributed by atoms with E-state index in [1.807, 2.05) is 22.6 Å². The maximum absolute atomic E-state index is 12.2. The number of rotatable bonds is 1. The van der Waals surface area contributed by atoms with Crippen LogP contribution in [-0.2, 0) is 0 Å². The highest BCUT2D eigenvalue weighted by Crippen LogP contribution is 2.22. The third-order valence-electron chi connectivity index (χ3n) is 2.96. The van der Waals surface area contributed by atoms with Crippen LogP contribution in [0.25, 0.3) is 0 Å². The van der Waals surface area contributed by atoms with Crippen molar-refractivity contribution in [2.24, 2.45) is 5.16 Å². The van der Waals surface area contributed by atoms with Crippen molar-refractivity contribution < 1.29 is 15.1 Å². The Labute approximate surface area is 118 Å². The molecule has 0 radical (unpaired) electrons. The number of nitrogens with zero attached hydrogens (tertiary/aromatic N) is 2. The summed E-state index contributed by atoms with van der Waals surface area (Å²) in [6, 6.07) is 4.91. The van der Waals surface area contributed by atoms with Crippen LogP contribution < -0.4 is 0 Å². The second-order valence-corrected chi connectivity index (χ2v) is 5.29. The van der Waals surface area contributed by atoms with E-state index >= 15 is 0 Å². The van der Waals surface area contributed by atoms with Crippen molar-refractivity contribution in [1.82, 2.24) is 4.90 Å².